The Labute approximate surface area is 198 Å². The normalized spacial score (nSPS) is 16.3. The van der Waals surface area contributed by atoms with E-state index in [1.165, 1.54) is 17.4 Å². The summed E-state index contributed by atoms with van der Waals surface area (Å²) in [5.41, 5.74) is 8.43. The van der Waals surface area contributed by atoms with Crippen LogP contribution < -0.4 is 20.7 Å². The van der Waals surface area contributed by atoms with Gasteiger partial charge in [0.2, 0.25) is 5.88 Å². The van der Waals surface area contributed by atoms with Gasteiger partial charge in [-0.1, -0.05) is 0 Å². The molecule has 1 amide bonds. The van der Waals surface area contributed by atoms with Crippen LogP contribution in [-0.4, -0.2) is 55.1 Å². The van der Waals surface area contributed by atoms with Crippen molar-refractivity contribution in [2.75, 3.05) is 29.1 Å². The molecule has 0 saturated heterocycles. The number of nitrogens with two attached hydrogens (primary N) is 1. The summed E-state index contributed by atoms with van der Waals surface area (Å²) in [6, 6.07) is 2.84. The number of carboxylic acid groups (broad SMARTS) is 1. The smallest absolute Gasteiger partial charge is 0.413 e. The minimum Gasteiger partial charge on any atom is -0.474 e. The van der Waals surface area contributed by atoms with Crippen molar-refractivity contribution >= 4 is 34.1 Å². The zero-order chi connectivity index (χ0) is 24.3. The molecule has 4 N–H and O–H groups in total. The second kappa shape index (κ2) is 7.79. The van der Waals surface area contributed by atoms with Crippen LogP contribution in [0.2, 0.25) is 0 Å². The van der Waals surface area contributed by atoms with Crippen LogP contribution in [0, 0.1) is 12.7 Å². The van der Waals surface area contributed by atoms with E-state index in [1.54, 1.807) is 23.0 Å². The largest absolute Gasteiger partial charge is 0.474 e. The van der Waals surface area contributed by atoms with Gasteiger partial charge >= 0.3 is 6.09 Å². The number of anilines is 3. The van der Waals surface area contributed by atoms with Crippen LogP contribution in [0.25, 0.3) is 21.9 Å². The van der Waals surface area contributed by atoms with Gasteiger partial charge in [-0.25, -0.2) is 28.8 Å². The van der Waals surface area contributed by atoms with Crippen LogP contribution >= 0.6 is 0 Å². The van der Waals surface area contributed by atoms with Gasteiger partial charge in [0, 0.05) is 41.9 Å². The Hall–Kier alpha value is -4.48. The van der Waals surface area contributed by atoms with Crippen LogP contribution in [0.4, 0.5) is 26.4 Å². The highest BCUT2D eigenvalue weighted by Crippen LogP contribution is 2.40. The lowest BCUT2D eigenvalue weighted by atomic mass is 9.97. The van der Waals surface area contributed by atoms with E-state index >= 15 is 4.39 Å². The number of amides is 1. The molecule has 1 atom stereocenters. The molecule has 0 bridgehead atoms. The van der Waals surface area contributed by atoms with Gasteiger partial charge in [-0.15, -0.1) is 0 Å². The number of aromatic nitrogens is 5. The maximum absolute atomic E-state index is 15.4. The molecule has 0 radical (unpaired) electrons. The molecular weight excluding hydrogens is 455 g/mol. The van der Waals surface area contributed by atoms with E-state index in [4.69, 9.17) is 10.5 Å². The van der Waals surface area contributed by atoms with E-state index in [0.717, 1.165) is 5.56 Å². The average Bonchev–Trinajstić information content (AvgIpc) is 3.44. The van der Waals surface area contributed by atoms with Crippen molar-refractivity contribution < 1.29 is 19.0 Å². The molecular formula is C23H21FN8O3. The third kappa shape index (κ3) is 3.28. The Kier molecular flexibility index (Phi) is 4.69. The van der Waals surface area contributed by atoms with Crippen molar-refractivity contribution in [1.82, 2.24) is 24.7 Å². The molecule has 0 saturated carbocycles. The first-order valence-corrected chi connectivity index (χ1v) is 11.1. The lowest BCUT2D eigenvalue weighted by Gasteiger charge is -2.25. The van der Waals surface area contributed by atoms with Crippen molar-refractivity contribution in [3.63, 3.8) is 0 Å². The number of halogens is 1. The molecule has 2 aliphatic rings. The van der Waals surface area contributed by atoms with Gasteiger partial charge in [-0.2, -0.15) is 5.10 Å². The number of nitrogens with one attached hydrogen (secondary N) is 1. The summed E-state index contributed by atoms with van der Waals surface area (Å²) in [6.07, 6.45) is 3.68. The summed E-state index contributed by atoms with van der Waals surface area (Å²) in [4.78, 5) is 26.2. The first kappa shape index (κ1) is 21.1. The van der Waals surface area contributed by atoms with Crippen LogP contribution in [0.1, 0.15) is 11.4 Å². The van der Waals surface area contributed by atoms with E-state index in [1.807, 2.05) is 6.92 Å². The second-order valence-electron chi connectivity index (χ2n) is 8.54. The van der Waals surface area contributed by atoms with Gasteiger partial charge in [0.25, 0.3) is 0 Å². The Morgan fingerprint density at radius 2 is 2.14 bits per heavy atom. The Morgan fingerprint density at radius 1 is 1.29 bits per heavy atom. The fraction of sp³-hybridized carbons (Fsp3) is 0.261. The van der Waals surface area contributed by atoms with E-state index in [-0.39, 0.29) is 17.1 Å². The van der Waals surface area contributed by atoms with Gasteiger partial charge < -0.3 is 20.9 Å². The highest BCUT2D eigenvalue weighted by Gasteiger charge is 2.33. The predicted molar refractivity (Wildman–Crippen MR) is 126 cm³/mol. The van der Waals surface area contributed by atoms with Gasteiger partial charge in [0.15, 0.2) is 5.82 Å². The fourth-order valence-electron chi connectivity index (χ4n) is 4.79. The third-order valence-electron chi connectivity index (χ3n) is 6.54. The van der Waals surface area contributed by atoms with Crippen molar-refractivity contribution in [3.8, 4) is 17.0 Å². The number of nitrogen functional groups attached to an aromatic ring is 1. The quantitative estimate of drug-likeness (QED) is 0.380. The summed E-state index contributed by atoms with van der Waals surface area (Å²) in [5.74, 6) is 0.814. The Balaban J connectivity index is 1.45. The predicted octanol–water partition coefficient (Wildman–Crippen LogP) is 2.83. The topological polar surface area (TPSA) is 144 Å². The molecule has 0 fully saturated rings. The minimum atomic E-state index is -1.15. The molecule has 12 heteroatoms. The Bertz CT molecular complexity index is 1480. The number of rotatable bonds is 3. The monoisotopic (exact) mass is 476 g/mol. The van der Waals surface area contributed by atoms with Crippen LogP contribution in [0.15, 0.2) is 30.9 Å². The Morgan fingerprint density at radius 3 is 2.94 bits per heavy atom. The van der Waals surface area contributed by atoms with Crippen LogP contribution in [0.5, 0.6) is 5.88 Å². The maximum atomic E-state index is 15.4. The van der Waals surface area contributed by atoms with Crippen molar-refractivity contribution in [1.29, 1.82) is 0 Å². The van der Waals surface area contributed by atoms with Crippen LogP contribution in [0.3, 0.4) is 0 Å². The van der Waals surface area contributed by atoms with Crippen LogP contribution in [-0.2, 0) is 13.0 Å². The van der Waals surface area contributed by atoms with Gasteiger partial charge in [-0.3, -0.25) is 4.90 Å². The molecule has 0 spiro atoms. The number of pyridine rings is 2. The number of hydrogen-bond donors (Lipinski definition) is 3. The molecule has 3 aromatic heterocycles. The summed E-state index contributed by atoms with van der Waals surface area (Å²) < 4.78 is 22.7. The molecule has 1 aromatic carbocycles. The number of hydrogen-bond acceptors (Lipinski definition) is 8. The zero-order valence-electron chi connectivity index (χ0n) is 18.7. The summed E-state index contributed by atoms with van der Waals surface area (Å²) in [7, 11) is 0. The molecule has 0 aliphatic carbocycles. The molecule has 5 heterocycles. The maximum Gasteiger partial charge on any atom is 0.413 e. The van der Waals surface area contributed by atoms with E-state index in [0.29, 0.717) is 59.8 Å². The molecule has 0 unspecified atom stereocenters. The number of ether oxygens (including phenoxy) is 1. The first-order valence-electron chi connectivity index (χ1n) is 11.1. The molecule has 2 aliphatic heterocycles. The molecule has 11 nitrogen and oxygen atoms in total. The van der Waals surface area contributed by atoms with Gasteiger partial charge in [0.1, 0.15) is 30.3 Å². The molecule has 6 rings (SSSR count). The fourth-order valence-corrected chi connectivity index (χ4v) is 4.79. The highest BCUT2D eigenvalue weighted by molar-refractivity contribution is 5.99. The average molecular weight is 476 g/mol. The van der Waals surface area contributed by atoms with Crippen molar-refractivity contribution in [2.45, 2.75) is 25.9 Å². The zero-order valence-corrected chi connectivity index (χ0v) is 18.7. The molecule has 35 heavy (non-hydrogen) atoms. The van der Waals surface area contributed by atoms with E-state index in [2.05, 4.69) is 25.4 Å². The number of nitrogens with zero attached hydrogens (tertiary/aromatic N) is 6. The van der Waals surface area contributed by atoms with E-state index < -0.39 is 18.0 Å². The van der Waals surface area contributed by atoms with E-state index in [9.17, 15) is 9.90 Å². The number of carbonyl (C=O) groups is 1. The third-order valence-corrected chi connectivity index (χ3v) is 6.54. The van der Waals surface area contributed by atoms with Gasteiger partial charge in [-0.05, 0) is 30.0 Å². The lowest BCUT2D eigenvalue weighted by Crippen LogP contribution is -2.41. The van der Waals surface area contributed by atoms with Gasteiger partial charge in [0.05, 0.1) is 18.3 Å². The van der Waals surface area contributed by atoms with Crippen molar-refractivity contribution in [2.24, 2.45) is 0 Å². The standard InChI is InChI=1S/C23H21FN8O3/c1-11-15(7-28-22-21(11)26-2-3-35-22)14-4-12-5-18(27-8-16(12)20(25)19(14)24)32(23(33)34)13-6-17-29-10-30-31(17)9-13/h4-5,7-8,10,13,26H,2-3,6,9,25H2,1H3,(H,33,34)/t13-/m1/s1. The molecule has 4 aromatic rings. The summed E-state index contributed by atoms with van der Waals surface area (Å²) in [6.45, 7) is 3.36. The van der Waals surface area contributed by atoms with Crippen molar-refractivity contribution in [3.05, 3.63) is 48.1 Å². The lowest BCUT2D eigenvalue weighted by molar-refractivity contribution is 0.198. The minimum absolute atomic E-state index is 0.0649. The number of benzene rings is 1. The second-order valence-corrected chi connectivity index (χ2v) is 8.54. The highest BCUT2D eigenvalue weighted by atomic mass is 19.1. The number of fused-ring (bicyclic) bond motifs is 3. The SMILES string of the molecule is Cc1c(-c2cc3cc(N(C(=O)O)[C@@H]4Cc5ncnn5C4)ncc3c(N)c2F)cnc2c1NCCO2. The first-order chi connectivity index (χ1) is 16.9. The summed E-state index contributed by atoms with van der Waals surface area (Å²) >= 11 is 0. The molecule has 178 valence electrons. The summed E-state index contributed by atoms with van der Waals surface area (Å²) in [5, 5.41) is 18.3.